The zero-order valence-electron chi connectivity index (χ0n) is 19.1. The van der Waals surface area contributed by atoms with E-state index in [-0.39, 0.29) is 5.91 Å². The average molecular weight is 417 g/mol. The summed E-state index contributed by atoms with van der Waals surface area (Å²) in [5.74, 6) is 1.51. The van der Waals surface area contributed by atoms with E-state index in [9.17, 15) is 4.79 Å². The van der Waals surface area contributed by atoms with Gasteiger partial charge in [0, 0.05) is 24.9 Å². The summed E-state index contributed by atoms with van der Waals surface area (Å²) in [6.07, 6.45) is 8.53. The fourth-order valence-corrected chi connectivity index (χ4v) is 4.61. The summed E-state index contributed by atoms with van der Waals surface area (Å²) in [6, 6.07) is 8.39. The molecule has 1 saturated carbocycles. The van der Waals surface area contributed by atoms with Crippen LogP contribution in [0.2, 0.25) is 0 Å². The Balaban J connectivity index is 1.50. The van der Waals surface area contributed by atoms with Crippen molar-refractivity contribution in [3.63, 3.8) is 0 Å². The first-order valence-corrected chi connectivity index (χ1v) is 11.9. The van der Waals surface area contributed by atoms with Crippen LogP contribution in [0.4, 0.5) is 5.69 Å². The number of hydrogen-bond donors (Lipinski definition) is 1. The fourth-order valence-electron chi connectivity index (χ4n) is 4.61. The SMILES string of the molecule is CCCOC1(C(=O)Nc2ccc(OCCN3CCCC[C@@H]3C)cc2)CCC(C)CC1. The smallest absolute Gasteiger partial charge is 0.256 e. The summed E-state index contributed by atoms with van der Waals surface area (Å²) in [6.45, 7) is 10.1. The number of nitrogens with one attached hydrogen (secondary N) is 1. The Labute approximate surface area is 182 Å². The molecule has 1 amide bonds. The number of hydrogen-bond acceptors (Lipinski definition) is 4. The first-order chi connectivity index (χ1) is 14.5. The summed E-state index contributed by atoms with van der Waals surface area (Å²) in [5, 5.41) is 3.09. The van der Waals surface area contributed by atoms with Crippen molar-refractivity contribution in [1.82, 2.24) is 4.90 Å². The molecular weight excluding hydrogens is 376 g/mol. The van der Waals surface area contributed by atoms with Crippen molar-refractivity contribution in [1.29, 1.82) is 0 Å². The number of likely N-dealkylation sites (tertiary alicyclic amines) is 1. The summed E-state index contributed by atoms with van der Waals surface area (Å²) in [4.78, 5) is 15.6. The van der Waals surface area contributed by atoms with Crippen molar-refractivity contribution in [3.8, 4) is 5.75 Å². The van der Waals surface area contributed by atoms with Crippen LogP contribution in [0.5, 0.6) is 5.75 Å². The van der Waals surface area contributed by atoms with E-state index in [1.54, 1.807) is 0 Å². The Morgan fingerprint density at radius 1 is 1.10 bits per heavy atom. The number of piperidine rings is 1. The minimum atomic E-state index is -0.678. The number of benzene rings is 1. The Hall–Kier alpha value is -1.59. The van der Waals surface area contributed by atoms with Gasteiger partial charge in [0.05, 0.1) is 0 Å². The molecule has 1 atom stereocenters. The molecule has 1 aliphatic carbocycles. The number of anilines is 1. The predicted octanol–water partition coefficient (Wildman–Crippen LogP) is 5.25. The molecule has 5 heteroatoms. The molecule has 1 aromatic carbocycles. The van der Waals surface area contributed by atoms with Crippen LogP contribution in [0, 0.1) is 5.92 Å². The van der Waals surface area contributed by atoms with Gasteiger partial charge >= 0.3 is 0 Å². The number of amides is 1. The third-order valence-electron chi connectivity index (χ3n) is 6.78. The maximum atomic E-state index is 13.1. The van der Waals surface area contributed by atoms with E-state index in [0.717, 1.165) is 50.1 Å². The van der Waals surface area contributed by atoms with Gasteiger partial charge in [-0.25, -0.2) is 0 Å². The third-order valence-corrected chi connectivity index (χ3v) is 6.78. The van der Waals surface area contributed by atoms with E-state index in [2.05, 4.69) is 31.0 Å². The summed E-state index contributed by atoms with van der Waals surface area (Å²) < 4.78 is 12.0. The van der Waals surface area contributed by atoms with Crippen LogP contribution < -0.4 is 10.1 Å². The van der Waals surface area contributed by atoms with Crippen molar-refractivity contribution >= 4 is 11.6 Å². The lowest BCUT2D eigenvalue weighted by molar-refractivity contribution is -0.147. The molecule has 2 fully saturated rings. The largest absolute Gasteiger partial charge is 0.492 e. The fraction of sp³-hybridized carbons (Fsp3) is 0.720. The summed E-state index contributed by atoms with van der Waals surface area (Å²) >= 11 is 0. The van der Waals surface area contributed by atoms with Crippen LogP contribution in [0.3, 0.4) is 0 Å². The highest BCUT2D eigenvalue weighted by atomic mass is 16.5. The molecule has 3 rings (SSSR count). The molecule has 0 unspecified atom stereocenters. The zero-order chi connectivity index (χ0) is 21.4. The Kier molecular flexibility index (Phi) is 8.58. The molecule has 30 heavy (non-hydrogen) atoms. The highest BCUT2D eigenvalue weighted by Crippen LogP contribution is 2.36. The first-order valence-electron chi connectivity index (χ1n) is 11.9. The second kappa shape index (κ2) is 11.1. The summed E-state index contributed by atoms with van der Waals surface area (Å²) in [7, 11) is 0. The second-order valence-corrected chi connectivity index (χ2v) is 9.23. The van der Waals surface area contributed by atoms with Gasteiger partial charge < -0.3 is 14.8 Å². The number of nitrogens with zero attached hydrogens (tertiary/aromatic N) is 1. The molecule has 2 aliphatic rings. The average Bonchev–Trinajstić information content (AvgIpc) is 2.76. The highest BCUT2D eigenvalue weighted by Gasteiger charge is 2.42. The van der Waals surface area contributed by atoms with Crippen molar-refractivity contribution in [2.24, 2.45) is 5.92 Å². The Morgan fingerprint density at radius 2 is 1.83 bits per heavy atom. The maximum absolute atomic E-state index is 13.1. The molecule has 168 valence electrons. The predicted molar refractivity (Wildman–Crippen MR) is 122 cm³/mol. The van der Waals surface area contributed by atoms with Gasteiger partial charge in [0.25, 0.3) is 5.91 Å². The molecule has 0 aromatic heterocycles. The minimum absolute atomic E-state index is 0.00407. The molecule has 5 nitrogen and oxygen atoms in total. The van der Waals surface area contributed by atoms with E-state index < -0.39 is 5.60 Å². The number of rotatable bonds is 9. The third kappa shape index (κ3) is 6.21. The van der Waals surface area contributed by atoms with Gasteiger partial charge in [-0.1, -0.05) is 20.3 Å². The topological polar surface area (TPSA) is 50.8 Å². The minimum Gasteiger partial charge on any atom is -0.492 e. The molecule has 1 aromatic rings. The van der Waals surface area contributed by atoms with Crippen LogP contribution in [-0.4, -0.2) is 48.8 Å². The molecule has 1 aliphatic heterocycles. The molecule has 1 N–H and O–H groups in total. The molecule has 1 heterocycles. The Morgan fingerprint density at radius 3 is 2.50 bits per heavy atom. The van der Waals surface area contributed by atoms with E-state index in [1.807, 2.05) is 24.3 Å². The van der Waals surface area contributed by atoms with Gasteiger partial charge in [0.15, 0.2) is 0 Å². The van der Waals surface area contributed by atoms with E-state index >= 15 is 0 Å². The molecule has 0 bridgehead atoms. The second-order valence-electron chi connectivity index (χ2n) is 9.23. The van der Waals surface area contributed by atoms with Crippen molar-refractivity contribution in [2.45, 2.75) is 83.8 Å². The molecular formula is C25H40N2O3. The van der Waals surface area contributed by atoms with Gasteiger partial charge in [-0.15, -0.1) is 0 Å². The van der Waals surface area contributed by atoms with E-state index in [0.29, 0.717) is 25.2 Å². The normalized spacial score (nSPS) is 27.6. The number of ether oxygens (including phenoxy) is 2. The monoisotopic (exact) mass is 416 g/mol. The zero-order valence-corrected chi connectivity index (χ0v) is 19.1. The van der Waals surface area contributed by atoms with Crippen LogP contribution in [0.1, 0.15) is 72.1 Å². The van der Waals surface area contributed by atoms with Crippen LogP contribution in [0.15, 0.2) is 24.3 Å². The van der Waals surface area contributed by atoms with E-state index in [1.165, 1.54) is 25.8 Å². The first kappa shape index (κ1) is 23.1. The lowest BCUT2D eigenvalue weighted by Crippen LogP contribution is -2.48. The maximum Gasteiger partial charge on any atom is 0.256 e. The molecule has 1 saturated heterocycles. The highest BCUT2D eigenvalue weighted by molar-refractivity contribution is 5.97. The van der Waals surface area contributed by atoms with Crippen LogP contribution in [-0.2, 0) is 9.53 Å². The summed E-state index contributed by atoms with van der Waals surface area (Å²) in [5.41, 5.74) is 0.123. The van der Waals surface area contributed by atoms with Gasteiger partial charge in [0.1, 0.15) is 18.0 Å². The van der Waals surface area contributed by atoms with Crippen LogP contribution >= 0.6 is 0 Å². The lowest BCUT2D eigenvalue weighted by atomic mass is 9.78. The van der Waals surface area contributed by atoms with Gasteiger partial charge in [-0.2, -0.15) is 0 Å². The Bertz CT molecular complexity index is 647. The van der Waals surface area contributed by atoms with Gasteiger partial charge in [0.2, 0.25) is 0 Å². The van der Waals surface area contributed by atoms with Crippen molar-refractivity contribution < 1.29 is 14.3 Å². The van der Waals surface area contributed by atoms with Crippen LogP contribution in [0.25, 0.3) is 0 Å². The van der Waals surface area contributed by atoms with Crippen molar-refractivity contribution in [2.75, 3.05) is 31.6 Å². The van der Waals surface area contributed by atoms with Crippen molar-refractivity contribution in [3.05, 3.63) is 24.3 Å². The standard InChI is InChI=1S/C25H40N2O3/c1-4-18-30-25(14-12-20(2)13-15-25)24(28)26-22-8-10-23(11-9-22)29-19-17-27-16-6-5-7-21(27)3/h8-11,20-21H,4-7,12-19H2,1-3H3,(H,26,28)/t20?,21-,25?/m0/s1. The lowest BCUT2D eigenvalue weighted by Gasteiger charge is -2.38. The number of carbonyl (C=O) groups excluding carboxylic acids is 1. The van der Waals surface area contributed by atoms with Gasteiger partial charge in [-0.3, -0.25) is 9.69 Å². The molecule has 0 spiro atoms. The number of carbonyl (C=O) groups is 1. The van der Waals surface area contributed by atoms with Gasteiger partial charge in [-0.05, 0) is 88.6 Å². The molecule has 0 radical (unpaired) electrons. The van der Waals surface area contributed by atoms with E-state index in [4.69, 9.17) is 9.47 Å². The quantitative estimate of drug-likeness (QED) is 0.597.